The number of unbranched alkanes of at least 4 members (excludes halogenated alkanes) is 13. The van der Waals surface area contributed by atoms with Gasteiger partial charge in [-0.05, 0) is 6.42 Å². The van der Waals surface area contributed by atoms with E-state index < -0.39 is 4.97 Å². The number of rotatable bonds is 24. The van der Waals surface area contributed by atoms with Crippen LogP contribution in [0.1, 0.15) is 96.8 Å². The number of hydrogen-bond donors (Lipinski definition) is 3. The normalized spacial score (nSPS) is 12.0. The molecule has 0 saturated carbocycles. The predicted molar refractivity (Wildman–Crippen MR) is 115 cm³/mol. The summed E-state index contributed by atoms with van der Waals surface area (Å²) >= 11 is 0. The SMILES string of the molecule is CCCCCCCCCCCCCCCC[N+](OCCO)(OCCO)OCCO. The van der Waals surface area contributed by atoms with E-state index in [0.29, 0.717) is 6.54 Å². The van der Waals surface area contributed by atoms with Crippen LogP contribution in [0.4, 0.5) is 0 Å². The zero-order valence-electron chi connectivity index (χ0n) is 18.9. The molecule has 0 aromatic heterocycles. The Morgan fingerprint density at radius 3 is 1.10 bits per heavy atom. The second-order valence-corrected chi connectivity index (χ2v) is 7.60. The topological polar surface area (TPSA) is 88.4 Å². The molecule has 7 heteroatoms. The molecule has 0 heterocycles. The Kier molecular flexibility index (Phi) is 22.2. The van der Waals surface area contributed by atoms with Crippen molar-refractivity contribution in [3.05, 3.63) is 0 Å². The summed E-state index contributed by atoms with van der Waals surface area (Å²) in [5, 5.41) is 27.1. The average Bonchev–Trinajstić information content (AvgIpc) is 2.74. The van der Waals surface area contributed by atoms with Gasteiger partial charge in [0.15, 0.2) is 6.54 Å². The van der Waals surface area contributed by atoms with Crippen molar-refractivity contribution in [3.8, 4) is 0 Å². The Balaban J connectivity index is 3.79. The highest BCUT2D eigenvalue weighted by Crippen LogP contribution is 2.17. The summed E-state index contributed by atoms with van der Waals surface area (Å²) in [7, 11) is 0. The average molecular weight is 423 g/mol. The highest BCUT2D eigenvalue weighted by atomic mass is 17.2. The molecule has 0 aromatic rings. The van der Waals surface area contributed by atoms with Gasteiger partial charge in [0.2, 0.25) is 0 Å². The van der Waals surface area contributed by atoms with Gasteiger partial charge in [-0.15, -0.1) is 14.5 Å². The van der Waals surface area contributed by atoms with E-state index >= 15 is 0 Å². The lowest BCUT2D eigenvalue weighted by Gasteiger charge is -2.29. The predicted octanol–water partition coefficient (Wildman–Crippen LogP) is 4.06. The zero-order valence-corrected chi connectivity index (χ0v) is 18.9. The molecule has 0 fully saturated rings. The van der Waals surface area contributed by atoms with Crippen molar-refractivity contribution in [3.63, 3.8) is 0 Å². The monoisotopic (exact) mass is 422 g/mol. The number of hydroxylamine groups is 3. The zero-order chi connectivity index (χ0) is 21.5. The van der Waals surface area contributed by atoms with E-state index in [-0.39, 0.29) is 39.6 Å². The molecule has 7 nitrogen and oxygen atoms in total. The van der Waals surface area contributed by atoms with E-state index in [0.717, 1.165) is 19.3 Å². The molecule has 0 bridgehead atoms. The molecule has 176 valence electrons. The Morgan fingerprint density at radius 2 is 0.793 bits per heavy atom. The van der Waals surface area contributed by atoms with E-state index in [2.05, 4.69) is 6.92 Å². The summed E-state index contributed by atoms with van der Waals surface area (Å²) in [6.45, 7) is 2.46. The maximum Gasteiger partial charge on any atom is 0.178 e. The fourth-order valence-electron chi connectivity index (χ4n) is 3.35. The highest BCUT2D eigenvalue weighted by Gasteiger charge is 2.34. The van der Waals surface area contributed by atoms with Crippen molar-refractivity contribution in [1.82, 2.24) is 0 Å². The van der Waals surface area contributed by atoms with Crippen LogP contribution in [0.3, 0.4) is 0 Å². The van der Waals surface area contributed by atoms with Gasteiger partial charge in [-0.25, -0.2) is 0 Å². The number of quaternary nitrogens is 1. The lowest BCUT2D eigenvalue weighted by molar-refractivity contribution is -1.37. The molecule has 0 amide bonds. The van der Waals surface area contributed by atoms with Crippen LogP contribution in [0.25, 0.3) is 0 Å². The van der Waals surface area contributed by atoms with Gasteiger partial charge in [0.25, 0.3) is 0 Å². The van der Waals surface area contributed by atoms with Crippen molar-refractivity contribution in [2.45, 2.75) is 96.8 Å². The van der Waals surface area contributed by atoms with Gasteiger partial charge in [0.1, 0.15) is 19.8 Å². The number of aliphatic hydroxyl groups excluding tert-OH is 3. The molecule has 29 heavy (non-hydrogen) atoms. The van der Waals surface area contributed by atoms with E-state index in [1.165, 1.54) is 70.6 Å². The van der Waals surface area contributed by atoms with Crippen LogP contribution in [0, 0.1) is 0 Å². The third kappa shape index (κ3) is 18.2. The van der Waals surface area contributed by atoms with Crippen LogP contribution < -0.4 is 0 Å². The molecule has 0 aliphatic rings. The maximum atomic E-state index is 9.03. The Morgan fingerprint density at radius 1 is 0.483 bits per heavy atom. The van der Waals surface area contributed by atoms with Crippen LogP contribution in [-0.4, -0.2) is 66.5 Å². The molecule has 0 unspecified atom stereocenters. The minimum Gasteiger partial charge on any atom is -0.394 e. The number of nitrogens with zero attached hydrogens (tertiary/aromatic N) is 1. The quantitative estimate of drug-likeness (QED) is 0.124. The van der Waals surface area contributed by atoms with Gasteiger partial charge in [0, 0.05) is 6.42 Å². The van der Waals surface area contributed by atoms with Crippen LogP contribution in [0.2, 0.25) is 0 Å². The standard InChI is InChI=1S/C22H48NO6/c1-2-3-4-5-6-7-8-9-10-11-12-13-14-15-16-23(27-20-17-24,28-21-18-25)29-22-19-26/h24-26H,2-22H2,1H3/q+1. The first kappa shape index (κ1) is 28.7. The third-order valence-electron chi connectivity index (χ3n) is 4.92. The van der Waals surface area contributed by atoms with Gasteiger partial charge in [-0.3, -0.25) is 0 Å². The van der Waals surface area contributed by atoms with E-state index in [1.54, 1.807) is 0 Å². The first-order valence-electron chi connectivity index (χ1n) is 11.9. The molecule has 0 aliphatic carbocycles. The molecule has 0 atom stereocenters. The summed E-state index contributed by atoms with van der Waals surface area (Å²) in [6.07, 6.45) is 17.9. The molecule has 0 rings (SSSR count). The van der Waals surface area contributed by atoms with Gasteiger partial charge in [0.05, 0.1) is 24.8 Å². The van der Waals surface area contributed by atoms with Crippen LogP contribution in [0.15, 0.2) is 0 Å². The maximum absolute atomic E-state index is 9.03. The molecule has 0 aliphatic heterocycles. The minimum absolute atomic E-state index is 0.0649. The Bertz CT molecular complexity index is 298. The van der Waals surface area contributed by atoms with Crippen LogP contribution in [0.5, 0.6) is 0 Å². The lowest BCUT2D eigenvalue weighted by atomic mass is 10.0. The third-order valence-corrected chi connectivity index (χ3v) is 4.92. The summed E-state index contributed by atoms with van der Waals surface area (Å²) in [5.41, 5.74) is 0. The van der Waals surface area contributed by atoms with E-state index in [9.17, 15) is 0 Å². The number of hydrogen-bond acceptors (Lipinski definition) is 6. The summed E-state index contributed by atoms with van der Waals surface area (Å²) in [6, 6.07) is 0. The van der Waals surface area contributed by atoms with Gasteiger partial charge < -0.3 is 15.3 Å². The molecular weight excluding hydrogens is 374 g/mol. The van der Waals surface area contributed by atoms with Crippen molar-refractivity contribution >= 4 is 0 Å². The van der Waals surface area contributed by atoms with E-state index in [4.69, 9.17) is 29.8 Å². The fourth-order valence-corrected chi connectivity index (χ4v) is 3.35. The highest BCUT2D eigenvalue weighted by molar-refractivity contribution is 4.49. The van der Waals surface area contributed by atoms with Gasteiger partial charge in [-0.1, -0.05) is 84.0 Å². The van der Waals surface area contributed by atoms with E-state index in [1.807, 2.05) is 0 Å². The summed E-state index contributed by atoms with van der Waals surface area (Å²) < 4.78 is 0. The molecule has 0 aromatic carbocycles. The van der Waals surface area contributed by atoms with Crippen molar-refractivity contribution in [2.75, 3.05) is 46.2 Å². The molecule has 0 saturated heterocycles. The molecule has 0 radical (unpaired) electrons. The second kappa shape index (κ2) is 22.4. The van der Waals surface area contributed by atoms with Crippen molar-refractivity contribution in [2.24, 2.45) is 0 Å². The second-order valence-electron chi connectivity index (χ2n) is 7.60. The Labute approximate surface area is 178 Å². The summed E-state index contributed by atoms with van der Waals surface area (Å²) in [4.78, 5) is 16.0. The first-order chi connectivity index (χ1) is 14.2. The largest absolute Gasteiger partial charge is 0.394 e. The fraction of sp³-hybridized carbons (Fsp3) is 1.00. The first-order valence-corrected chi connectivity index (χ1v) is 11.9. The number of aliphatic hydroxyl groups is 3. The van der Waals surface area contributed by atoms with Crippen molar-refractivity contribution < 1.29 is 34.8 Å². The summed E-state index contributed by atoms with van der Waals surface area (Å²) in [5.74, 6) is 0. The minimum atomic E-state index is -0.542. The van der Waals surface area contributed by atoms with Crippen molar-refractivity contribution in [1.29, 1.82) is 0 Å². The lowest BCUT2D eigenvalue weighted by Crippen LogP contribution is -2.50. The Hall–Kier alpha value is -0.280. The molecule has 3 N–H and O–H groups in total. The van der Waals surface area contributed by atoms with Crippen LogP contribution in [-0.2, 0) is 14.5 Å². The smallest absolute Gasteiger partial charge is 0.178 e. The molecular formula is C22H48NO6+. The van der Waals surface area contributed by atoms with Gasteiger partial charge in [-0.2, -0.15) is 0 Å². The van der Waals surface area contributed by atoms with Gasteiger partial charge >= 0.3 is 0 Å². The molecule has 0 spiro atoms. The van der Waals surface area contributed by atoms with Crippen LogP contribution >= 0.6 is 0 Å².